The van der Waals surface area contributed by atoms with Crippen molar-refractivity contribution < 1.29 is 14.7 Å². The summed E-state index contributed by atoms with van der Waals surface area (Å²) in [6, 6.07) is 3.53. The van der Waals surface area contributed by atoms with E-state index in [1.807, 2.05) is 0 Å². The van der Waals surface area contributed by atoms with Crippen LogP contribution in [0.3, 0.4) is 0 Å². The monoisotopic (exact) mass is 375 g/mol. The molecule has 0 spiro atoms. The average Bonchev–Trinajstić information content (AvgIpc) is 3.04. The molecule has 0 bridgehead atoms. The fourth-order valence-corrected chi connectivity index (χ4v) is 3.51. The van der Waals surface area contributed by atoms with Gasteiger partial charge in [-0.15, -0.1) is 11.3 Å². The van der Waals surface area contributed by atoms with Gasteiger partial charge in [0, 0.05) is 32.6 Å². The summed E-state index contributed by atoms with van der Waals surface area (Å²) in [5.74, 6) is -0.368. The molecule has 1 aromatic rings. The maximum atomic E-state index is 12.1. The Kier molecular flexibility index (Phi) is 5.74. The van der Waals surface area contributed by atoms with Crippen LogP contribution in [-0.4, -0.2) is 61.2 Å². The molecule has 1 fully saturated rings. The zero-order valence-electron chi connectivity index (χ0n) is 11.6. The van der Waals surface area contributed by atoms with Gasteiger partial charge in [0.05, 0.1) is 21.3 Å². The van der Waals surface area contributed by atoms with Gasteiger partial charge in [0.25, 0.3) is 5.91 Å². The first-order chi connectivity index (χ1) is 9.97. The second-order valence-corrected chi connectivity index (χ2v) is 7.52. The van der Waals surface area contributed by atoms with Gasteiger partial charge in [-0.05, 0) is 28.1 Å². The zero-order chi connectivity index (χ0) is 15.4. The number of halogens is 1. The highest BCUT2D eigenvalue weighted by Crippen LogP contribution is 2.22. The molecule has 1 aliphatic heterocycles. The molecule has 2 rings (SSSR count). The van der Waals surface area contributed by atoms with Crippen LogP contribution in [0.15, 0.2) is 15.9 Å². The van der Waals surface area contributed by atoms with E-state index in [-0.39, 0.29) is 24.3 Å². The van der Waals surface area contributed by atoms with Gasteiger partial charge in [-0.3, -0.25) is 9.59 Å². The first-order valence-electron chi connectivity index (χ1n) is 6.63. The lowest BCUT2D eigenvalue weighted by molar-refractivity contribution is -0.121. The summed E-state index contributed by atoms with van der Waals surface area (Å²) >= 11 is 4.65. The fraction of sp³-hybridized carbons (Fsp3) is 0.538. The molecule has 21 heavy (non-hydrogen) atoms. The van der Waals surface area contributed by atoms with E-state index in [2.05, 4.69) is 26.6 Å². The van der Waals surface area contributed by atoms with Gasteiger partial charge in [-0.2, -0.15) is 0 Å². The lowest BCUT2D eigenvalue weighted by Crippen LogP contribution is -2.41. The molecule has 2 unspecified atom stereocenters. The van der Waals surface area contributed by atoms with Gasteiger partial charge < -0.3 is 20.6 Å². The van der Waals surface area contributed by atoms with Crippen molar-refractivity contribution in [3.63, 3.8) is 0 Å². The molecule has 1 aromatic heterocycles. The van der Waals surface area contributed by atoms with Gasteiger partial charge in [0.1, 0.15) is 0 Å². The minimum atomic E-state index is -0.423. The smallest absolute Gasteiger partial charge is 0.264 e. The molecule has 0 aromatic carbocycles. The van der Waals surface area contributed by atoms with E-state index in [0.29, 0.717) is 24.5 Å². The first-order valence-corrected chi connectivity index (χ1v) is 8.24. The molecule has 8 heteroatoms. The topological polar surface area (TPSA) is 81.7 Å². The number of aliphatic hydroxyl groups is 1. The molecule has 1 saturated heterocycles. The maximum Gasteiger partial charge on any atom is 0.264 e. The van der Waals surface area contributed by atoms with Crippen molar-refractivity contribution in [2.24, 2.45) is 5.92 Å². The van der Waals surface area contributed by atoms with Crippen molar-refractivity contribution in [1.82, 2.24) is 15.5 Å². The van der Waals surface area contributed by atoms with Crippen molar-refractivity contribution in [2.75, 3.05) is 33.2 Å². The highest BCUT2D eigenvalue weighted by molar-refractivity contribution is 9.11. The van der Waals surface area contributed by atoms with E-state index in [4.69, 9.17) is 0 Å². The predicted octanol–water partition coefficient (Wildman–Crippen LogP) is 0.279. The van der Waals surface area contributed by atoms with Crippen molar-refractivity contribution >= 4 is 39.1 Å². The van der Waals surface area contributed by atoms with Crippen molar-refractivity contribution in [3.05, 3.63) is 20.8 Å². The first kappa shape index (κ1) is 16.4. The van der Waals surface area contributed by atoms with Gasteiger partial charge in [-0.1, -0.05) is 0 Å². The number of β-amino-alcohol motifs (C(OH)–C–C–N with tert-alkyl or cyclic N) is 1. The number of rotatable bonds is 5. The summed E-state index contributed by atoms with van der Waals surface area (Å²) in [6.45, 7) is 1.68. The lowest BCUT2D eigenvalue weighted by Gasteiger charge is -2.18. The Morgan fingerprint density at radius 1 is 1.52 bits per heavy atom. The van der Waals surface area contributed by atoms with Crippen LogP contribution in [0.25, 0.3) is 0 Å². The zero-order valence-corrected chi connectivity index (χ0v) is 14.0. The van der Waals surface area contributed by atoms with Crippen molar-refractivity contribution in [2.45, 2.75) is 6.10 Å². The molecule has 6 nitrogen and oxygen atoms in total. The van der Waals surface area contributed by atoms with Crippen LogP contribution >= 0.6 is 27.3 Å². The summed E-state index contributed by atoms with van der Waals surface area (Å²) in [5.41, 5.74) is 0. The standard InChI is InChI=1S/C13H18BrN3O3S/c1-17(13(20)10-2-3-11(14)21-10)7-12(19)16-5-8-4-15-6-9(8)18/h2-3,8-9,15,18H,4-7H2,1H3,(H,16,19). The molecule has 2 amide bonds. The van der Waals surface area contributed by atoms with E-state index in [9.17, 15) is 14.7 Å². The third kappa shape index (κ3) is 4.50. The summed E-state index contributed by atoms with van der Waals surface area (Å²) in [5, 5.41) is 15.5. The number of nitrogens with zero attached hydrogens (tertiary/aromatic N) is 1. The van der Waals surface area contributed by atoms with Crippen molar-refractivity contribution in [3.8, 4) is 0 Å². The van der Waals surface area contributed by atoms with Gasteiger partial charge >= 0.3 is 0 Å². The normalized spacial score (nSPS) is 21.3. The number of amides is 2. The van der Waals surface area contributed by atoms with Crippen LogP contribution in [-0.2, 0) is 4.79 Å². The summed E-state index contributed by atoms with van der Waals surface area (Å²) < 4.78 is 0.881. The fourth-order valence-electron chi connectivity index (χ4n) is 2.13. The van der Waals surface area contributed by atoms with E-state index >= 15 is 0 Å². The number of carbonyl (C=O) groups excluding carboxylic acids is 2. The highest BCUT2D eigenvalue weighted by atomic mass is 79.9. The summed E-state index contributed by atoms with van der Waals surface area (Å²) in [7, 11) is 1.60. The van der Waals surface area contributed by atoms with E-state index in [0.717, 1.165) is 3.79 Å². The number of hydrogen-bond acceptors (Lipinski definition) is 5. The van der Waals surface area contributed by atoms with Crippen LogP contribution in [0.4, 0.5) is 0 Å². The Balaban J connectivity index is 1.77. The molecule has 2 atom stereocenters. The minimum absolute atomic E-state index is 0.00456. The predicted molar refractivity (Wildman–Crippen MR) is 84.4 cm³/mol. The van der Waals surface area contributed by atoms with Crippen LogP contribution < -0.4 is 10.6 Å². The lowest BCUT2D eigenvalue weighted by atomic mass is 10.1. The van der Waals surface area contributed by atoms with Gasteiger partial charge in [-0.25, -0.2) is 0 Å². The maximum absolute atomic E-state index is 12.1. The second-order valence-electron chi connectivity index (χ2n) is 5.05. The highest BCUT2D eigenvalue weighted by Gasteiger charge is 2.25. The third-order valence-corrected chi connectivity index (χ3v) is 4.99. The SMILES string of the molecule is CN(CC(=O)NCC1CNCC1O)C(=O)c1ccc(Br)s1. The van der Waals surface area contributed by atoms with Crippen LogP contribution in [0.1, 0.15) is 9.67 Å². The Morgan fingerprint density at radius 3 is 2.86 bits per heavy atom. The number of thiophene rings is 1. The summed E-state index contributed by atoms with van der Waals surface area (Å²) in [6.07, 6.45) is -0.423. The molecular weight excluding hydrogens is 358 g/mol. The Bertz CT molecular complexity index is 523. The third-order valence-electron chi connectivity index (χ3n) is 3.38. The van der Waals surface area contributed by atoms with E-state index < -0.39 is 6.10 Å². The molecule has 1 aliphatic rings. The van der Waals surface area contributed by atoms with Crippen LogP contribution in [0.5, 0.6) is 0 Å². The molecular formula is C13H18BrN3O3S. The number of nitrogens with one attached hydrogen (secondary N) is 2. The number of aliphatic hydroxyl groups excluding tert-OH is 1. The molecule has 3 N–H and O–H groups in total. The average molecular weight is 376 g/mol. The van der Waals surface area contributed by atoms with Crippen molar-refractivity contribution in [1.29, 1.82) is 0 Å². The number of hydrogen-bond donors (Lipinski definition) is 3. The second kappa shape index (κ2) is 7.35. The van der Waals surface area contributed by atoms with Gasteiger partial charge in [0.15, 0.2) is 0 Å². The van der Waals surface area contributed by atoms with Crippen LogP contribution in [0, 0.1) is 5.92 Å². The minimum Gasteiger partial charge on any atom is -0.391 e. The van der Waals surface area contributed by atoms with Gasteiger partial charge in [0.2, 0.25) is 5.91 Å². The molecule has 0 radical (unpaired) electrons. The number of likely N-dealkylation sites (N-methyl/N-ethyl adjacent to an activating group) is 1. The largest absolute Gasteiger partial charge is 0.391 e. The quantitative estimate of drug-likeness (QED) is 0.690. The Labute approximate surface area is 135 Å². The van der Waals surface area contributed by atoms with Crippen LogP contribution in [0.2, 0.25) is 0 Å². The Morgan fingerprint density at radius 2 is 2.29 bits per heavy atom. The molecule has 2 heterocycles. The van der Waals surface area contributed by atoms with E-state index in [1.165, 1.54) is 16.2 Å². The molecule has 116 valence electrons. The Hall–Kier alpha value is -0.960. The molecule has 0 aliphatic carbocycles. The summed E-state index contributed by atoms with van der Waals surface area (Å²) in [4.78, 5) is 25.9. The number of carbonyl (C=O) groups is 2. The molecule has 0 saturated carbocycles. The van der Waals surface area contributed by atoms with E-state index in [1.54, 1.807) is 19.2 Å².